The summed E-state index contributed by atoms with van der Waals surface area (Å²) in [7, 11) is -1.88. The number of benzene rings is 2. The highest BCUT2D eigenvalue weighted by atomic mass is 32.2. The minimum atomic E-state index is -3.71. The molecule has 1 heterocycles. The van der Waals surface area contributed by atoms with Crippen molar-refractivity contribution in [1.29, 1.82) is 0 Å². The maximum Gasteiger partial charge on any atom is 0.262 e. The fourth-order valence-corrected chi connectivity index (χ4v) is 4.64. The fourth-order valence-electron chi connectivity index (χ4n) is 3.49. The summed E-state index contributed by atoms with van der Waals surface area (Å²) in [5.74, 6) is 0.375. The second kappa shape index (κ2) is 9.66. The lowest BCUT2D eigenvalue weighted by Crippen LogP contribution is -2.15. The predicted octanol–water partition coefficient (Wildman–Crippen LogP) is 4.50. The highest BCUT2D eigenvalue weighted by Crippen LogP contribution is 2.27. The van der Waals surface area contributed by atoms with E-state index >= 15 is 0 Å². The van der Waals surface area contributed by atoms with E-state index in [0.29, 0.717) is 18.0 Å². The van der Waals surface area contributed by atoms with Crippen LogP contribution in [0.15, 0.2) is 53.4 Å². The molecule has 0 saturated heterocycles. The van der Waals surface area contributed by atoms with Crippen LogP contribution in [0.2, 0.25) is 0 Å². The molecular weight excluding hydrogens is 408 g/mol. The highest BCUT2D eigenvalue weighted by molar-refractivity contribution is 7.92. The van der Waals surface area contributed by atoms with E-state index in [4.69, 9.17) is 0 Å². The molecule has 0 aliphatic rings. The minimum Gasteiger partial charge on any atom is -0.313 e. The average molecular weight is 441 g/mol. The zero-order chi connectivity index (χ0) is 22.6. The Labute approximate surface area is 185 Å². The van der Waals surface area contributed by atoms with E-state index in [0.717, 1.165) is 35.6 Å². The molecule has 0 spiro atoms. The SMILES string of the molecule is CCNCc1cccc(-c2ccc(S(=O)(=O)Nc3c(CC(C)C)nn(C)c3C)cc2)c1. The van der Waals surface area contributed by atoms with Crippen molar-refractivity contribution in [1.82, 2.24) is 15.1 Å². The molecule has 166 valence electrons. The molecule has 0 saturated carbocycles. The third kappa shape index (κ3) is 5.54. The number of sulfonamides is 1. The average Bonchev–Trinajstić information content (AvgIpc) is 2.99. The molecule has 0 amide bonds. The Morgan fingerprint density at radius 1 is 1.06 bits per heavy atom. The van der Waals surface area contributed by atoms with Gasteiger partial charge in [-0.3, -0.25) is 9.40 Å². The monoisotopic (exact) mass is 440 g/mol. The van der Waals surface area contributed by atoms with Crippen LogP contribution in [0.5, 0.6) is 0 Å². The Kier molecular flexibility index (Phi) is 7.18. The molecule has 2 aromatic carbocycles. The molecule has 0 bridgehead atoms. The highest BCUT2D eigenvalue weighted by Gasteiger charge is 2.21. The number of anilines is 1. The van der Waals surface area contributed by atoms with Gasteiger partial charge in [0.05, 0.1) is 22.0 Å². The van der Waals surface area contributed by atoms with Gasteiger partial charge in [0.25, 0.3) is 10.0 Å². The number of aromatic nitrogens is 2. The van der Waals surface area contributed by atoms with Gasteiger partial charge < -0.3 is 5.32 Å². The smallest absolute Gasteiger partial charge is 0.262 e. The summed E-state index contributed by atoms with van der Waals surface area (Å²) in [6.45, 7) is 9.86. The normalized spacial score (nSPS) is 11.8. The Bertz CT molecular complexity index is 1130. The maximum atomic E-state index is 13.1. The molecule has 0 unspecified atom stereocenters. The van der Waals surface area contributed by atoms with Crippen LogP contribution in [0.25, 0.3) is 11.1 Å². The lowest BCUT2D eigenvalue weighted by atomic mass is 10.0. The van der Waals surface area contributed by atoms with Gasteiger partial charge in [0, 0.05) is 13.6 Å². The van der Waals surface area contributed by atoms with Crippen LogP contribution in [0, 0.1) is 12.8 Å². The summed E-state index contributed by atoms with van der Waals surface area (Å²) in [5, 5.41) is 7.82. The van der Waals surface area contributed by atoms with Crippen LogP contribution in [0.3, 0.4) is 0 Å². The van der Waals surface area contributed by atoms with Crippen LogP contribution >= 0.6 is 0 Å². The lowest BCUT2D eigenvalue weighted by Gasteiger charge is -2.11. The first kappa shape index (κ1) is 23.0. The molecule has 2 N–H and O–H groups in total. The van der Waals surface area contributed by atoms with E-state index in [1.807, 2.05) is 38.2 Å². The van der Waals surface area contributed by atoms with E-state index in [2.05, 4.69) is 48.0 Å². The van der Waals surface area contributed by atoms with E-state index < -0.39 is 10.0 Å². The minimum absolute atomic E-state index is 0.235. The van der Waals surface area contributed by atoms with Crippen LogP contribution in [-0.4, -0.2) is 24.7 Å². The molecule has 0 atom stereocenters. The lowest BCUT2D eigenvalue weighted by molar-refractivity contribution is 0.600. The number of hydrogen-bond donors (Lipinski definition) is 2. The summed E-state index contributed by atoms with van der Waals surface area (Å²) < 4.78 is 30.6. The standard InChI is InChI=1S/C24H32N4O2S/c1-6-25-16-19-8-7-9-21(15-19)20-10-12-22(13-11-20)31(29,30)27-24-18(4)28(5)26-23(24)14-17(2)3/h7-13,15,17,25,27H,6,14,16H2,1-5H3. The second-order valence-corrected chi connectivity index (χ2v) is 9.92. The largest absolute Gasteiger partial charge is 0.313 e. The zero-order valence-electron chi connectivity index (χ0n) is 18.9. The number of nitrogens with zero attached hydrogens (tertiary/aromatic N) is 2. The van der Waals surface area contributed by atoms with Gasteiger partial charge in [-0.05, 0) is 60.7 Å². The van der Waals surface area contributed by atoms with E-state index in [-0.39, 0.29) is 4.90 Å². The van der Waals surface area contributed by atoms with Crippen LogP contribution in [0.1, 0.15) is 37.7 Å². The van der Waals surface area contributed by atoms with Crippen molar-refractivity contribution in [2.24, 2.45) is 13.0 Å². The third-order valence-corrected chi connectivity index (χ3v) is 6.61. The number of nitrogens with one attached hydrogen (secondary N) is 2. The number of hydrogen-bond acceptors (Lipinski definition) is 4. The molecule has 7 heteroatoms. The summed E-state index contributed by atoms with van der Waals surface area (Å²) in [6, 6.07) is 15.3. The molecule has 31 heavy (non-hydrogen) atoms. The first-order valence-electron chi connectivity index (χ1n) is 10.7. The van der Waals surface area contributed by atoms with Crippen molar-refractivity contribution in [2.75, 3.05) is 11.3 Å². The summed E-state index contributed by atoms with van der Waals surface area (Å²) in [4.78, 5) is 0.235. The van der Waals surface area contributed by atoms with Crippen LogP contribution in [-0.2, 0) is 30.0 Å². The molecule has 1 aromatic heterocycles. The van der Waals surface area contributed by atoms with E-state index in [1.54, 1.807) is 16.8 Å². The Hall–Kier alpha value is -2.64. The van der Waals surface area contributed by atoms with Crippen molar-refractivity contribution in [3.63, 3.8) is 0 Å². The van der Waals surface area contributed by atoms with Gasteiger partial charge in [0.2, 0.25) is 0 Å². The Balaban J connectivity index is 1.84. The van der Waals surface area contributed by atoms with Crippen molar-refractivity contribution in [3.05, 3.63) is 65.5 Å². The number of aryl methyl sites for hydroxylation is 1. The first-order valence-corrected chi connectivity index (χ1v) is 12.1. The van der Waals surface area contributed by atoms with Crippen molar-refractivity contribution in [2.45, 2.75) is 45.6 Å². The van der Waals surface area contributed by atoms with Gasteiger partial charge >= 0.3 is 0 Å². The molecule has 6 nitrogen and oxygen atoms in total. The van der Waals surface area contributed by atoms with Gasteiger partial charge in [-0.1, -0.05) is 51.1 Å². The molecule has 0 aliphatic carbocycles. The maximum absolute atomic E-state index is 13.1. The van der Waals surface area contributed by atoms with Crippen LogP contribution in [0.4, 0.5) is 5.69 Å². The van der Waals surface area contributed by atoms with Gasteiger partial charge in [-0.25, -0.2) is 8.42 Å². The Morgan fingerprint density at radius 3 is 2.42 bits per heavy atom. The second-order valence-electron chi connectivity index (χ2n) is 8.24. The van der Waals surface area contributed by atoms with Gasteiger partial charge in [0.15, 0.2) is 0 Å². The predicted molar refractivity (Wildman–Crippen MR) is 127 cm³/mol. The molecular formula is C24H32N4O2S. The van der Waals surface area contributed by atoms with Crippen molar-refractivity contribution >= 4 is 15.7 Å². The Morgan fingerprint density at radius 2 is 1.77 bits per heavy atom. The van der Waals surface area contributed by atoms with Crippen molar-refractivity contribution in [3.8, 4) is 11.1 Å². The molecule has 0 radical (unpaired) electrons. The van der Waals surface area contributed by atoms with Gasteiger partial charge in [0.1, 0.15) is 0 Å². The summed E-state index contributed by atoms with van der Waals surface area (Å²) >= 11 is 0. The summed E-state index contributed by atoms with van der Waals surface area (Å²) in [6.07, 6.45) is 0.710. The van der Waals surface area contributed by atoms with Crippen LogP contribution < -0.4 is 10.0 Å². The van der Waals surface area contributed by atoms with Crippen molar-refractivity contribution < 1.29 is 8.42 Å². The van der Waals surface area contributed by atoms with Gasteiger partial charge in [-0.15, -0.1) is 0 Å². The zero-order valence-corrected chi connectivity index (χ0v) is 19.8. The van der Waals surface area contributed by atoms with E-state index in [9.17, 15) is 8.42 Å². The molecule has 3 rings (SSSR count). The topological polar surface area (TPSA) is 76.0 Å². The molecule has 0 fully saturated rings. The van der Waals surface area contributed by atoms with Gasteiger partial charge in [-0.2, -0.15) is 5.10 Å². The first-order chi connectivity index (χ1) is 14.7. The van der Waals surface area contributed by atoms with E-state index in [1.165, 1.54) is 5.56 Å². The third-order valence-electron chi connectivity index (χ3n) is 5.25. The quantitative estimate of drug-likeness (QED) is 0.513. The number of rotatable bonds is 9. The molecule has 3 aromatic rings. The fraction of sp³-hybridized carbons (Fsp3) is 0.375. The summed E-state index contributed by atoms with van der Waals surface area (Å²) in [5.41, 5.74) is 5.39. The molecule has 0 aliphatic heterocycles.